The van der Waals surface area contributed by atoms with Crippen LogP contribution in [0.1, 0.15) is 10.4 Å². The number of amides is 1. The number of nitrogens with one attached hydrogen (secondary N) is 2. The molecule has 0 atom stereocenters. The molecule has 2 aromatic rings. The van der Waals surface area contributed by atoms with E-state index in [2.05, 4.69) is 15.3 Å². The highest BCUT2D eigenvalue weighted by Crippen LogP contribution is 2.08. The SMILES string of the molecule is O=C(Nc1cccnc1)c1cc(O)[nH]c(=O)c1. The summed E-state index contributed by atoms with van der Waals surface area (Å²) in [6.07, 6.45) is 3.06. The van der Waals surface area contributed by atoms with Crippen molar-refractivity contribution in [3.63, 3.8) is 0 Å². The molecule has 3 N–H and O–H groups in total. The minimum absolute atomic E-state index is 0.0788. The second-order valence-corrected chi connectivity index (χ2v) is 3.31. The molecule has 0 unspecified atom stereocenters. The van der Waals surface area contributed by atoms with E-state index >= 15 is 0 Å². The summed E-state index contributed by atoms with van der Waals surface area (Å²) < 4.78 is 0. The Morgan fingerprint density at radius 1 is 1.41 bits per heavy atom. The molecule has 0 saturated heterocycles. The Hall–Kier alpha value is -2.63. The molecule has 0 saturated carbocycles. The van der Waals surface area contributed by atoms with Crippen LogP contribution < -0.4 is 10.9 Å². The number of nitrogens with zero attached hydrogens (tertiary/aromatic N) is 1. The Balaban J connectivity index is 2.23. The molecule has 2 heterocycles. The molecule has 0 radical (unpaired) electrons. The van der Waals surface area contributed by atoms with Gasteiger partial charge in [-0.05, 0) is 12.1 Å². The molecule has 0 aliphatic carbocycles. The number of hydrogen-bond acceptors (Lipinski definition) is 4. The van der Waals surface area contributed by atoms with E-state index < -0.39 is 11.5 Å². The van der Waals surface area contributed by atoms with Crippen molar-refractivity contribution in [3.05, 3.63) is 52.6 Å². The highest BCUT2D eigenvalue weighted by molar-refractivity contribution is 6.04. The van der Waals surface area contributed by atoms with E-state index in [-0.39, 0.29) is 11.4 Å². The fourth-order valence-corrected chi connectivity index (χ4v) is 1.30. The quantitative estimate of drug-likeness (QED) is 0.709. The highest BCUT2D eigenvalue weighted by atomic mass is 16.3. The van der Waals surface area contributed by atoms with Crippen LogP contribution in [0.2, 0.25) is 0 Å². The summed E-state index contributed by atoms with van der Waals surface area (Å²) in [5.74, 6) is -0.840. The number of aromatic hydroxyl groups is 1. The van der Waals surface area contributed by atoms with Crippen molar-refractivity contribution in [1.82, 2.24) is 9.97 Å². The number of anilines is 1. The van der Waals surface area contributed by atoms with Gasteiger partial charge < -0.3 is 10.4 Å². The van der Waals surface area contributed by atoms with Crippen LogP contribution in [0.4, 0.5) is 5.69 Å². The van der Waals surface area contributed by atoms with Gasteiger partial charge in [0.2, 0.25) is 0 Å². The maximum Gasteiger partial charge on any atom is 0.256 e. The van der Waals surface area contributed by atoms with E-state index in [9.17, 15) is 9.59 Å². The fourth-order valence-electron chi connectivity index (χ4n) is 1.30. The normalized spacial score (nSPS) is 9.88. The second kappa shape index (κ2) is 4.48. The van der Waals surface area contributed by atoms with Crippen molar-refractivity contribution < 1.29 is 9.90 Å². The minimum atomic E-state index is -0.540. The van der Waals surface area contributed by atoms with Gasteiger partial charge in [0.15, 0.2) is 5.88 Å². The molecular weight excluding hydrogens is 222 g/mol. The van der Waals surface area contributed by atoms with Crippen LogP contribution in [-0.2, 0) is 0 Å². The van der Waals surface area contributed by atoms with Gasteiger partial charge in [-0.1, -0.05) is 0 Å². The molecule has 1 amide bonds. The van der Waals surface area contributed by atoms with Crippen molar-refractivity contribution in [3.8, 4) is 5.88 Å². The van der Waals surface area contributed by atoms with Crippen LogP contribution in [0, 0.1) is 0 Å². The van der Waals surface area contributed by atoms with Gasteiger partial charge in [0, 0.05) is 18.3 Å². The summed E-state index contributed by atoms with van der Waals surface area (Å²) >= 11 is 0. The van der Waals surface area contributed by atoms with Crippen LogP contribution in [0.15, 0.2) is 41.5 Å². The minimum Gasteiger partial charge on any atom is -0.494 e. The molecule has 0 bridgehead atoms. The van der Waals surface area contributed by atoms with Crippen LogP contribution >= 0.6 is 0 Å². The lowest BCUT2D eigenvalue weighted by Gasteiger charge is -2.04. The number of hydrogen-bond donors (Lipinski definition) is 3. The van der Waals surface area contributed by atoms with Crippen LogP contribution in [0.5, 0.6) is 5.88 Å². The zero-order valence-electron chi connectivity index (χ0n) is 8.68. The Morgan fingerprint density at radius 2 is 2.24 bits per heavy atom. The summed E-state index contributed by atoms with van der Waals surface area (Å²) in [4.78, 5) is 28.7. The number of carbonyl (C=O) groups is 1. The maximum absolute atomic E-state index is 11.7. The van der Waals surface area contributed by atoms with Crippen molar-refractivity contribution in [2.24, 2.45) is 0 Å². The van der Waals surface area contributed by atoms with Crippen LogP contribution in [0.3, 0.4) is 0 Å². The van der Waals surface area contributed by atoms with E-state index in [0.29, 0.717) is 5.69 Å². The smallest absolute Gasteiger partial charge is 0.256 e. The van der Waals surface area contributed by atoms with Crippen LogP contribution in [0.25, 0.3) is 0 Å². The zero-order valence-corrected chi connectivity index (χ0v) is 8.68. The third-order valence-electron chi connectivity index (χ3n) is 2.01. The number of rotatable bonds is 2. The highest BCUT2D eigenvalue weighted by Gasteiger charge is 2.08. The molecule has 0 aromatic carbocycles. The van der Waals surface area contributed by atoms with Crippen molar-refractivity contribution in [2.45, 2.75) is 0 Å². The third-order valence-corrected chi connectivity index (χ3v) is 2.01. The molecule has 6 heteroatoms. The van der Waals surface area contributed by atoms with Crippen molar-refractivity contribution in [1.29, 1.82) is 0 Å². The Morgan fingerprint density at radius 3 is 2.88 bits per heavy atom. The predicted octanol–water partition coefficient (Wildman–Crippen LogP) is 0.728. The van der Waals surface area contributed by atoms with Gasteiger partial charge in [-0.2, -0.15) is 0 Å². The molecule has 6 nitrogen and oxygen atoms in total. The topological polar surface area (TPSA) is 95.1 Å². The monoisotopic (exact) mass is 231 g/mol. The first-order chi connectivity index (χ1) is 8.15. The van der Waals surface area contributed by atoms with Crippen molar-refractivity contribution in [2.75, 3.05) is 5.32 Å². The van der Waals surface area contributed by atoms with Gasteiger partial charge in [0.05, 0.1) is 17.4 Å². The maximum atomic E-state index is 11.7. The Kier molecular flexibility index (Phi) is 2.87. The fraction of sp³-hybridized carbons (Fsp3) is 0. The Labute approximate surface area is 96.0 Å². The first-order valence-electron chi connectivity index (χ1n) is 4.80. The molecule has 0 aliphatic heterocycles. The van der Waals surface area contributed by atoms with E-state index in [1.807, 2.05) is 0 Å². The van der Waals surface area contributed by atoms with Crippen LogP contribution in [-0.4, -0.2) is 21.0 Å². The largest absolute Gasteiger partial charge is 0.494 e. The Bertz CT molecular complexity index is 592. The molecule has 86 valence electrons. The van der Waals surface area contributed by atoms with Gasteiger partial charge in [0.1, 0.15) is 0 Å². The molecule has 2 aromatic heterocycles. The van der Waals surface area contributed by atoms with Gasteiger partial charge in [-0.3, -0.25) is 19.6 Å². The van der Waals surface area contributed by atoms with Gasteiger partial charge in [0.25, 0.3) is 11.5 Å². The summed E-state index contributed by atoms with van der Waals surface area (Å²) in [5.41, 5.74) is 0.0497. The summed E-state index contributed by atoms with van der Waals surface area (Å²) in [6.45, 7) is 0. The summed E-state index contributed by atoms with van der Waals surface area (Å²) in [5, 5.41) is 11.7. The van der Waals surface area contributed by atoms with Gasteiger partial charge in [-0.15, -0.1) is 0 Å². The number of H-pyrrole nitrogens is 1. The molecule has 0 aliphatic rings. The van der Waals surface area contributed by atoms with E-state index in [4.69, 9.17) is 5.11 Å². The molecule has 0 spiro atoms. The molecule has 0 fully saturated rings. The molecular formula is C11H9N3O3. The number of aromatic amines is 1. The standard InChI is InChI=1S/C11H9N3O3/c15-9-4-7(5-10(16)14-9)11(17)13-8-2-1-3-12-6-8/h1-6H,(H,13,17)(H2,14,15,16). The molecule has 17 heavy (non-hydrogen) atoms. The summed E-state index contributed by atoms with van der Waals surface area (Å²) in [7, 11) is 0. The summed E-state index contributed by atoms with van der Waals surface area (Å²) in [6, 6.07) is 5.61. The lowest BCUT2D eigenvalue weighted by molar-refractivity contribution is 0.102. The average Bonchev–Trinajstić information content (AvgIpc) is 2.29. The van der Waals surface area contributed by atoms with Gasteiger partial charge >= 0.3 is 0 Å². The lowest BCUT2D eigenvalue weighted by Crippen LogP contribution is -2.15. The predicted molar refractivity (Wildman–Crippen MR) is 60.9 cm³/mol. The van der Waals surface area contributed by atoms with Gasteiger partial charge in [-0.25, -0.2) is 0 Å². The first-order valence-corrected chi connectivity index (χ1v) is 4.80. The van der Waals surface area contributed by atoms with E-state index in [0.717, 1.165) is 6.07 Å². The zero-order chi connectivity index (χ0) is 12.3. The van der Waals surface area contributed by atoms with E-state index in [1.54, 1.807) is 18.3 Å². The van der Waals surface area contributed by atoms with Crippen molar-refractivity contribution >= 4 is 11.6 Å². The third kappa shape index (κ3) is 2.69. The lowest BCUT2D eigenvalue weighted by atomic mass is 10.2. The second-order valence-electron chi connectivity index (χ2n) is 3.31. The number of pyridine rings is 2. The average molecular weight is 231 g/mol. The first kappa shape index (κ1) is 10.9. The number of aromatic nitrogens is 2. The van der Waals surface area contributed by atoms with E-state index in [1.165, 1.54) is 12.3 Å². The molecule has 2 rings (SSSR count). The number of carbonyl (C=O) groups excluding carboxylic acids is 1.